The van der Waals surface area contributed by atoms with Gasteiger partial charge in [0.25, 0.3) is 0 Å². The quantitative estimate of drug-likeness (QED) is 0.536. The summed E-state index contributed by atoms with van der Waals surface area (Å²) in [6.07, 6.45) is 5.91. The average molecular weight is 416 g/mol. The van der Waals surface area contributed by atoms with Crippen molar-refractivity contribution in [2.75, 3.05) is 24.3 Å². The summed E-state index contributed by atoms with van der Waals surface area (Å²) in [7, 11) is 4.17. The monoisotopic (exact) mass is 416 g/mol. The number of allylic oxidation sites excluding steroid dienone is 2. The van der Waals surface area contributed by atoms with Crippen molar-refractivity contribution >= 4 is 34.0 Å². The molecule has 0 fully saturated rings. The number of fused-ring (bicyclic) bond motifs is 3. The summed E-state index contributed by atoms with van der Waals surface area (Å²) in [5.41, 5.74) is 5.39. The minimum atomic E-state index is 0.388. The maximum atomic E-state index is 3.80. The van der Waals surface area contributed by atoms with E-state index in [-0.39, 0.29) is 0 Å². The standard InChI is InChI=1S/C20H21IN2/c1-23(2)15-9-6-13(7-10-15)20-17-5-3-4-16(17)18-12-14(21)8-11-19(18)22-20/h3-4,6-12,16-17,20,22H,5H2,1-2H3. The summed E-state index contributed by atoms with van der Waals surface area (Å²) in [5.74, 6) is 1.16. The van der Waals surface area contributed by atoms with Gasteiger partial charge >= 0.3 is 0 Å². The number of nitrogens with zero attached hydrogens (tertiary/aromatic N) is 1. The molecule has 3 atom stereocenters. The number of benzene rings is 2. The van der Waals surface area contributed by atoms with Crippen LogP contribution in [0.2, 0.25) is 0 Å². The first kappa shape index (κ1) is 15.1. The Morgan fingerprint density at radius 1 is 1.09 bits per heavy atom. The SMILES string of the molecule is CN(C)c1ccc(C2Nc3ccc(I)cc3C3C=CCC32)cc1. The Bertz CT molecular complexity index is 749. The molecule has 0 radical (unpaired) electrons. The lowest BCUT2D eigenvalue weighted by atomic mass is 9.77. The summed E-state index contributed by atoms with van der Waals surface area (Å²) in [6.45, 7) is 0. The van der Waals surface area contributed by atoms with E-state index in [4.69, 9.17) is 0 Å². The van der Waals surface area contributed by atoms with Crippen molar-refractivity contribution in [2.45, 2.75) is 18.4 Å². The van der Waals surface area contributed by atoms with Gasteiger partial charge in [-0.05, 0) is 76.4 Å². The van der Waals surface area contributed by atoms with Crippen LogP contribution in [0, 0.1) is 9.49 Å². The summed E-state index contributed by atoms with van der Waals surface area (Å²) in [4.78, 5) is 2.15. The zero-order valence-electron chi connectivity index (χ0n) is 13.5. The third-order valence-electron chi connectivity index (χ3n) is 5.09. The lowest BCUT2D eigenvalue weighted by Gasteiger charge is -2.37. The number of halogens is 1. The molecule has 23 heavy (non-hydrogen) atoms. The fraction of sp³-hybridized carbons (Fsp3) is 0.300. The molecule has 1 N–H and O–H groups in total. The lowest BCUT2D eigenvalue weighted by Crippen LogP contribution is -2.29. The van der Waals surface area contributed by atoms with Crippen LogP contribution in [-0.4, -0.2) is 14.1 Å². The second-order valence-corrected chi connectivity index (χ2v) is 7.94. The van der Waals surface area contributed by atoms with Gasteiger partial charge in [0.15, 0.2) is 0 Å². The van der Waals surface area contributed by atoms with Crippen LogP contribution in [0.15, 0.2) is 54.6 Å². The van der Waals surface area contributed by atoms with Crippen LogP contribution >= 0.6 is 22.6 Å². The number of nitrogens with one attached hydrogen (secondary N) is 1. The predicted molar refractivity (Wildman–Crippen MR) is 106 cm³/mol. The summed E-state index contributed by atoms with van der Waals surface area (Å²) < 4.78 is 1.32. The third kappa shape index (κ3) is 2.65. The normalized spacial score (nSPS) is 24.7. The van der Waals surface area contributed by atoms with E-state index in [1.54, 1.807) is 0 Å². The number of anilines is 2. The van der Waals surface area contributed by atoms with Crippen LogP contribution in [0.3, 0.4) is 0 Å². The van der Waals surface area contributed by atoms with Crippen LogP contribution in [-0.2, 0) is 0 Å². The van der Waals surface area contributed by atoms with E-state index >= 15 is 0 Å². The predicted octanol–water partition coefficient (Wildman–Crippen LogP) is 5.18. The molecule has 1 aliphatic carbocycles. The molecule has 0 bridgehead atoms. The van der Waals surface area contributed by atoms with Gasteiger partial charge in [-0.15, -0.1) is 0 Å². The van der Waals surface area contributed by atoms with Crippen molar-refractivity contribution in [3.05, 3.63) is 69.3 Å². The molecule has 2 aliphatic rings. The zero-order chi connectivity index (χ0) is 16.0. The number of hydrogen-bond donors (Lipinski definition) is 1. The first-order valence-corrected chi connectivity index (χ1v) is 9.21. The van der Waals surface area contributed by atoms with E-state index in [1.807, 2.05) is 0 Å². The van der Waals surface area contributed by atoms with E-state index in [9.17, 15) is 0 Å². The molecular formula is C20H21IN2. The Balaban J connectivity index is 1.71. The highest BCUT2D eigenvalue weighted by Gasteiger charge is 2.37. The van der Waals surface area contributed by atoms with Gasteiger partial charge in [0.05, 0.1) is 6.04 Å². The van der Waals surface area contributed by atoms with E-state index in [0.29, 0.717) is 17.9 Å². The van der Waals surface area contributed by atoms with Gasteiger partial charge in [0.1, 0.15) is 0 Å². The largest absolute Gasteiger partial charge is 0.378 e. The van der Waals surface area contributed by atoms with Crippen molar-refractivity contribution in [3.63, 3.8) is 0 Å². The molecular weight excluding hydrogens is 395 g/mol. The highest BCUT2D eigenvalue weighted by molar-refractivity contribution is 14.1. The molecule has 0 amide bonds. The second-order valence-electron chi connectivity index (χ2n) is 6.69. The van der Waals surface area contributed by atoms with Gasteiger partial charge in [-0.2, -0.15) is 0 Å². The lowest BCUT2D eigenvalue weighted by molar-refractivity contribution is 0.425. The van der Waals surface area contributed by atoms with Crippen LogP contribution in [0.1, 0.15) is 29.5 Å². The zero-order valence-corrected chi connectivity index (χ0v) is 15.6. The van der Waals surface area contributed by atoms with Gasteiger partial charge in [0.2, 0.25) is 0 Å². The van der Waals surface area contributed by atoms with Crippen LogP contribution in [0.5, 0.6) is 0 Å². The number of rotatable bonds is 2. The summed E-state index contributed by atoms with van der Waals surface area (Å²) in [6, 6.07) is 16.1. The third-order valence-corrected chi connectivity index (χ3v) is 5.76. The first-order chi connectivity index (χ1) is 11.1. The molecule has 1 heterocycles. The molecule has 2 nitrogen and oxygen atoms in total. The highest BCUT2D eigenvalue weighted by atomic mass is 127. The van der Waals surface area contributed by atoms with Crippen LogP contribution in [0.4, 0.5) is 11.4 Å². The van der Waals surface area contributed by atoms with E-state index < -0.39 is 0 Å². The van der Waals surface area contributed by atoms with Crippen LogP contribution in [0.25, 0.3) is 0 Å². The van der Waals surface area contributed by atoms with Crippen molar-refractivity contribution in [2.24, 2.45) is 5.92 Å². The highest BCUT2D eigenvalue weighted by Crippen LogP contribution is 2.50. The topological polar surface area (TPSA) is 15.3 Å². The van der Waals surface area contributed by atoms with E-state index in [2.05, 4.69) is 102 Å². The molecule has 0 aromatic heterocycles. The maximum absolute atomic E-state index is 3.80. The molecule has 3 heteroatoms. The minimum absolute atomic E-state index is 0.388. The Kier molecular flexibility index (Phi) is 3.84. The van der Waals surface area contributed by atoms with Crippen molar-refractivity contribution in [1.29, 1.82) is 0 Å². The van der Waals surface area contributed by atoms with Gasteiger partial charge < -0.3 is 10.2 Å². The Labute approximate surface area is 151 Å². The van der Waals surface area contributed by atoms with Gasteiger partial charge in [0, 0.05) is 35.0 Å². The first-order valence-electron chi connectivity index (χ1n) is 8.13. The molecule has 0 spiro atoms. The maximum Gasteiger partial charge on any atom is 0.0553 e. The van der Waals surface area contributed by atoms with Gasteiger partial charge in [-0.3, -0.25) is 0 Å². The molecule has 2 aromatic carbocycles. The molecule has 3 unspecified atom stereocenters. The van der Waals surface area contributed by atoms with Crippen molar-refractivity contribution in [1.82, 2.24) is 0 Å². The molecule has 118 valence electrons. The van der Waals surface area contributed by atoms with Crippen molar-refractivity contribution in [3.8, 4) is 0 Å². The minimum Gasteiger partial charge on any atom is -0.378 e. The fourth-order valence-electron chi connectivity index (χ4n) is 3.88. The molecule has 0 saturated carbocycles. The molecule has 1 aliphatic heterocycles. The van der Waals surface area contributed by atoms with E-state index in [1.165, 1.54) is 26.1 Å². The van der Waals surface area contributed by atoms with Gasteiger partial charge in [-0.1, -0.05) is 24.3 Å². The Morgan fingerprint density at radius 3 is 2.61 bits per heavy atom. The Morgan fingerprint density at radius 2 is 1.87 bits per heavy atom. The van der Waals surface area contributed by atoms with E-state index in [0.717, 1.165) is 6.42 Å². The van der Waals surface area contributed by atoms with Gasteiger partial charge in [-0.25, -0.2) is 0 Å². The summed E-state index contributed by atoms with van der Waals surface area (Å²) in [5, 5.41) is 3.80. The fourth-order valence-corrected chi connectivity index (χ4v) is 4.39. The van der Waals surface area contributed by atoms with Crippen LogP contribution < -0.4 is 10.2 Å². The molecule has 0 saturated heterocycles. The average Bonchev–Trinajstić information content (AvgIpc) is 3.04. The molecule has 4 rings (SSSR count). The summed E-state index contributed by atoms with van der Waals surface area (Å²) >= 11 is 2.41. The molecule has 2 aromatic rings. The number of hydrogen-bond acceptors (Lipinski definition) is 2. The smallest absolute Gasteiger partial charge is 0.0553 e. The second kappa shape index (κ2) is 5.86. The Hall–Kier alpha value is -1.49. The van der Waals surface area contributed by atoms with Crippen molar-refractivity contribution < 1.29 is 0 Å².